The van der Waals surface area contributed by atoms with E-state index in [0.717, 1.165) is 0 Å². The largest absolute Gasteiger partial charge is 0.464 e. The van der Waals surface area contributed by atoms with Crippen molar-refractivity contribution < 1.29 is 32.2 Å². The number of ether oxygens (including phenoxy) is 2. The van der Waals surface area contributed by atoms with E-state index in [0.29, 0.717) is 39.4 Å². The van der Waals surface area contributed by atoms with Gasteiger partial charge in [-0.05, 0) is 48.5 Å². The molecule has 3 heterocycles. The molecule has 194 valence electrons. The molecule has 4 N–H and O–H groups in total. The number of aromatic amines is 2. The van der Waals surface area contributed by atoms with Crippen molar-refractivity contribution in [3.63, 3.8) is 0 Å². The Kier molecular flexibility index (Phi) is 6.11. The van der Waals surface area contributed by atoms with E-state index in [1.807, 2.05) is 0 Å². The van der Waals surface area contributed by atoms with Crippen molar-refractivity contribution in [3.05, 3.63) is 71.7 Å². The van der Waals surface area contributed by atoms with Crippen molar-refractivity contribution in [1.29, 1.82) is 0 Å². The van der Waals surface area contributed by atoms with Gasteiger partial charge in [0.25, 0.3) is 0 Å². The zero-order valence-electron chi connectivity index (χ0n) is 19.9. The van der Waals surface area contributed by atoms with Crippen molar-refractivity contribution in [2.75, 3.05) is 24.9 Å². The Balaban J connectivity index is 1.45. The van der Waals surface area contributed by atoms with Crippen LogP contribution in [0.3, 0.4) is 0 Å². The van der Waals surface area contributed by atoms with E-state index in [4.69, 9.17) is 9.47 Å². The molecule has 0 fully saturated rings. The van der Waals surface area contributed by atoms with Gasteiger partial charge in [-0.25, -0.2) is 14.6 Å². The highest BCUT2D eigenvalue weighted by Crippen LogP contribution is 2.36. The van der Waals surface area contributed by atoms with E-state index in [2.05, 4.69) is 30.6 Å². The van der Waals surface area contributed by atoms with Gasteiger partial charge in [0.05, 0.1) is 14.2 Å². The summed E-state index contributed by atoms with van der Waals surface area (Å²) in [4.78, 5) is 37.3. The van der Waals surface area contributed by atoms with Crippen molar-refractivity contribution in [1.82, 2.24) is 19.9 Å². The summed E-state index contributed by atoms with van der Waals surface area (Å²) in [5, 5.41) is 6.85. The molecular weight excluding hydrogens is 505 g/mol. The predicted molar refractivity (Wildman–Crippen MR) is 133 cm³/mol. The van der Waals surface area contributed by atoms with Gasteiger partial charge in [-0.1, -0.05) is 0 Å². The van der Waals surface area contributed by atoms with Crippen LogP contribution in [0.2, 0.25) is 0 Å². The summed E-state index contributed by atoms with van der Waals surface area (Å²) in [5.41, 5.74) is 1.48. The fraction of sp³-hybridized carbons (Fsp3) is 0.120. The van der Waals surface area contributed by atoms with Gasteiger partial charge in [-0.3, -0.25) is 0 Å². The van der Waals surface area contributed by atoms with Gasteiger partial charge in [0.15, 0.2) is 0 Å². The maximum atomic E-state index is 13.7. The SMILES string of the molecule is COC(=O)c1cc2cc(Nc3ncc(C(F)(F)F)c(Nc4ccc5[nH]c(C(=O)OC)cc5c4)n3)ccc2[nH]1. The molecule has 5 rings (SSSR count). The molecule has 0 radical (unpaired) electrons. The average molecular weight is 524 g/mol. The molecule has 0 bridgehead atoms. The summed E-state index contributed by atoms with van der Waals surface area (Å²) >= 11 is 0. The first kappa shape index (κ1) is 24.6. The van der Waals surface area contributed by atoms with Crippen LogP contribution in [0.4, 0.5) is 36.3 Å². The van der Waals surface area contributed by atoms with Crippen molar-refractivity contribution in [2.24, 2.45) is 0 Å². The van der Waals surface area contributed by atoms with E-state index in [1.54, 1.807) is 42.5 Å². The first-order chi connectivity index (χ1) is 18.1. The number of anilines is 4. The highest BCUT2D eigenvalue weighted by Gasteiger charge is 2.35. The Hall–Kier alpha value is -5.07. The lowest BCUT2D eigenvalue weighted by atomic mass is 10.2. The predicted octanol–water partition coefficient (Wildman–Crippen LogP) is 5.52. The number of methoxy groups -OCH3 is 2. The van der Waals surface area contributed by atoms with Crippen LogP contribution in [-0.4, -0.2) is 46.1 Å². The highest BCUT2D eigenvalue weighted by atomic mass is 19.4. The molecule has 5 aromatic rings. The van der Waals surface area contributed by atoms with Crippen molar-refractivity contribution in [3.8, 4) is 0 Å². The standard InChI is InChI=1S/C25H19F3N6O4/c1-37-22(35)19-9-12-7-14(3-5-17(12)32-19)30-21-16(25(26,27)28)11-29-24(34-21)31-15-4-6-18-13(8-15)10-20(33-18)23(36)38-2/h3-11,32-33H,1-2H3,(H2,29,30,31,34). The van der Waals surface area contributed by atoms with E-state index < -0.39 is 29.5 Å². The number of nitrogens with one attached hydrogen (secondary N) is 4. The van der Waals surface area contributed by atoms with Crippen LogP contribution in [0.25, 0.3) is 21.8 Å². The van der Waals surface area contributed by atoms with Crippen LogP contribution in [0.1, 0.15) is 26.5 Å². The number of halogens is 3. The Morgan fingerprint density at radius 1 is 0.816 bits per heavy atom. The zero-order chi connectivity index (χ0) is 27.0. The number of carbonyl (C=O) groups excluding carboxylic acids is 2. The Bertz CT molecular complexity index is 1690. The van der Waals surface area contributed by atoms with Crippen LogP contribution in [0, 0.1) is 0 Å². The van der Waals surface area contributed by atoms with Crippen LogP contribution in [0.15, 0.2) is 54.7 Å². The number of carbonyl (C=O) groups is 2. The third-order valence-corrected chi connectivity index (χ3v) is 5.67. The highest BCUT2D eigenvalue weighted by molar-refractivity contribution is 5.96. The lowest BCUT2D eigenvalue weighted by Gasteiger charge is -2.15. The van der Waals surface area contributed by atoms with E-state index in [-0.39, 0.29) is 17.3 Å². The quantitative estimate of drug-likeness (QED) is 0.214. The normalized spacial score (nSPS) is 11.5. The number of rotatable bonds is 6. The Morgan fingerprint density at radius 2 is 1.34 bits per heavy atom. The first-order valence-electron chi connectivity index (χ1n) is 11.0. The molecule has 0 unspecified atom stereocenters. The third-order valence-electron chi connectivity index (χ3n) is 5.67. The second-order valence-electron chi connectivity index (χ2n) is 8.16. The van der Waals surface area contributed by atoms with Gasteiger partial charge in [0, 0.05) is 39.4 Å². The number of hydrogen-bond acceptors (Lipinski definition) is 8. The number of H-pyrrole nitrogens is 2. The van der Waals surface area contributed by atoms with Gasteiger partial charge in [-0.2, -0.15) is 18.2 Å². The summed E-state index contributed by atoms with van der Waals surface area (Å²) < 4.78 is 50.6. The molecule has 0 atom stereocenters. The lowest BCUT2D eigenvalue weighted by Crippen LogP contribution is -2.12. The van der Waals surface area contributed by atoms with E-state index in [1.165, 1.54) is 20.3 Å². The van der Waals surface area contributed by atoms with Gasteiger partial charge in [0.2, 0.25) is 5.95 Å². The molecular formula is C25H19F3N6O4. The molecule has 13 heteroatoms. The van der Waals surface area contributed by atoms with Crippen LogP contribution in [-0.2, 0) is 15.7 Å². The molecule has 0 spiro atoms. The molecule has 3 aromatic heterocycles. The zero-order valence-corrected chi connectivity index (χ0v) is 19.9. The summed E-state index contributed by atoms with van der Waals surface area (Å²) in [6, 6.07) is 12.9. The second-order valence-corrected chi connectivity index (χ2v) is 8.16. The minimum atomic E-state index is -4.72. The fourth-order valence-corrected chi connectivity index (χ4v) is 3.87. The molecule has 10 nitrogen and oxygen atoms in total. The summed E-state index contributed by atoms with van der Waals surface area (Å²) in [6.07, 6.45) is -4.03. The smallest absolute Gasteiger partial charge is 0.421 e. The van der Waals surface area contributed by atoms with Gasteiger partial charge >= 0.3 is 18.1 Å². The topological polar surface area (TPSA) is 134 Å². The molecule has 0 aliphatic carbocycles. The van der Waals surface area contributed by atoms with E-state index >= 15 is 0 Å². The number of alkyl halides is 3. The minimum Gasteiger partial charge on any atom is -0.464 e. The van der Waals surface area contributed by atoms with Crippen LogP contribution >= 0.6 is 0 Å². The molecule has 2 aromatic carbocycles. The second kappa shape index (κ2) is 9.42. The summed E-state index contributed by atoms with van der Waals surface area (Å²) in [6.45, 7) is 0. The van der Waals surface area contributed by atoms with Crippen molar-refractivity contribution >= 4 is 56.9 Å². The van der Waals surface area contributed by atoms with Crippen molar-refractivity contribution in [2.45, 2.75) is 6.18 Å². The fourth-order valence-electron chi connectivity index (χ4n) is 3.87. The number of aromatic nitrogens is 4. The number of fused-ring (bicyclic) bond motifs is 2. The molecule has 0 saturated heterocycles. The monoisotopic (exact) mass is 524 g/mol. The molecule has 0 amide bonds. The number of esters is 2. The summed E-state index contributed by atoms with van der Waals surface area (Å²) in [5.74, 6) is -1.65. The van der Waals surface area contributed by atoms with Gasteiger partial charge in [-0.15, -0.1) is 0 Å². The average Bonchev–Trinajstić information content (AvgIpc) is 3.51. The maximum Gasteiger partial charge on any atom is 0.421 e. The summed E-state index contributed by atoms with van der Waals surface area (Å²) in [7, 11) is 2.51. The number of nitrogens with zero attached hydrogens (tertiary/aromatic N) is 2. The maximum absolute atomic E-state index is 13.7. The third kappa shape index (κ3) is 4.81. The first-order valence-corrected chi connectivity index (χ1v) is 11.0. The minimum absolute atomic E-state index is 0.0840. The van der Waals surface area contributed by atoms with Gasteiger partial charge < -0.3 is 30.1 Å². The number of benzene rings is 2. The number of hydrogen-bond donors (Lipinski definition) is 4. The molecule has 0 aliphatic rings. The lowest BCUT2D eigenvalue weighted by molar-refractivity contribution is -0.137. The molecule has 0 saturated carbocycles. The Labute approximate surface area is 212 Å². The van der Waals surface area contributed by atoms with Gasteiger partial charge in [0.1, 0.15) is 22.8 Å². The molecule has 0 aliphatic heterocycles. The molecule has 38 heavy (non-hydrogen) atoms. The Morgan fingerprint density at radius 3 is 1.84 bits per heavy atom. The van der Waals surface area contributed by atoms with Crippen LogP contribution in [0.5, 0.6) is 0 Å². The van der Waals surface area contributed by atoms with E-state index in [9.17, 15) is 22.8 Å². The van der Waals surface area contributed by atoms with Crippen LogP contribution < -0.4 is 10.6 Å².